The molecule has 0 amide bonds. The quantitative estimate of drug-likeness (QED) is 0.443. The van der Waals surface area contributed by atoms with Crippen molar-refractivity contribution in [2.75, 3.05) is 13.1 Å². The first kappa shape index (κ1) is 22.0. The molecule has 5 aliphatic rings. The van der Waals surface area contributed by atoms with Gasteiger partial charge in [-0.2, -0.15) is 0 Å². The second-order valence-corrected chi connectivity index (χ2v) is 12.0. The molecule has 6 nitrogen and oxygen atoms in total. The van der Waals surface area contributed by atoms with Gasteiger partial charge in [0.15, 0.2) is 0 Å². The van der Waals surface area contributed by atoms with Crippen LogP contribution < -0.4 is 16.2 Å². The Morgan fingerprint density at radius 1 is 1.06 bits per heavy atom. The Bertz CT molecular complexity index is 716. The van der Waals surface area contributed by atoms with Crippen LogP contribution in [0, 0.1) is 34.5 Å². The van der Waals surface area contributed by atoms with E-state index in [1.807, 2.05) is 0 Å². The molecule has 0 radical (unpaired) electrons. The van der Waals surface area contributed by atoms with Crippen molar-refractivity contribution in [2.24, 2.45) is 39.5 Å². The summed E-state index contributed by atoms with van der Waals surface area (Å²) in [5, 5.41) is 25.9. The number of guanidine groups is 1. The maximum absolute atomic E-state index is 12.3. The van der Waals surface area contributed by atoms with E-state index in [-0.39, 0.29) is 17.6 Å². The van der Waals surface area contributed by atoms with Crippen molar-refractivity contribution in [3.63, 3.8) is 0 Å². The lowest BCUT2D eigenvalue weighted by Gasteiger charge is -2.64. The lowest BCUT2D eigenvalue weighted by atomic mass is 9.43. The number of hydrogen-bond donors (Lipinski definition) is 5. The van der Waals surface area contributed by atoms with Gasteiger partial charge in [0, 0.05) is 24.5 Å². The SMILES string of the molecule is CC(NNC1=NCCCN1)[C@H]1CC[C@]2(O)[C@@H]3CC[C@@H]4C[C@@H](O)CC[C@]4(C)[C@H]3CC[C@]12C. The molecular formula is C25H44N4O2. The van der Waals surface area contributed by atoms with Gasteiger partial charge in [0.25, 0.3) is 0 Å². The van der Waals surface area contributed by atoms with E-state index < -0.39 is 5.60 Å². The van der Waals surface area contributed by atoms with Crippen LogP contribution in [0.15, 0.2) is 4.99 Å². The summed E-state index contributed by atoms with van der Waals surface area (Å²) in [6, 6.07) is 0.277. The van der Waals surface area contributed by atoms with Crippen LogP contribution in [0.4, 0.5) is 0 Å². The Labute approximate surface area is 188 Å². The smallest absolute Gasteiger partial charge is 0.205 e. The van der Waals surface area contributed by atoms with Crippen molar-refractivity contribution in [1.29, 1.82) is 0 Å². The van der Waals surface area contributed by atoms with Crippen LogP contribution in [0.5, 0.6) is 0 Å². The molecule has 0 aromatic heterocycles. The normalized spacial score (nSPS) is 50.4. The van der Waals surface area contributed by atoms with Crippen molar-refractivity contribution in [2.45, 2.75) is 103 Å². The summed E-state index contributed by atoms with van der Waals surface area (Å²) in [5.74, 6) is 2.96. The Morgan fingerprint density at radius 2 is 1.90 bits per heavy atom. The number of nitrogens with zero attached hydrogens (tertiary/aromatic N) is 1. The molecule has 0 aromatic rings. The number of aliphatic imine (C=N–C) groups is 1. The van der Waals surface area contributed by atoms with Gasteiger partial charge < -0.3 is 15.5 Å². The molecule has 0 spiro atoms. The highest BCUT2D eigenvalue weighted by Crippen LogP contribution is 2.69. The molecule has 1 heterocycles. The van der Waals surface area contributed by atoms with Crippen molar-refractivity contribution in [1.82, 2.24) is 16.2 Å². The van der Waals surface area contributed by atoms with Gasteiger partial charge >= 0.3 is 0 Å². The predicted octanol–water partition coefficient (Wildman–Crippen LogP) is 2.95. The maximum atomic E-state index is 12.3. The van der Waals surface area contributed by atoms with E-state index in [1.165, 1.54) is 12.8 Å². The second-order valence-electron chi connectivity index (χ2n) is 12.0. The Kier molecular flexibility index (Phi) is 5.58. The van der Waals surface area contributed by atoms with Gasteiger partial charge in [0.05, 0.1) is 11.7 Å². The number of nitrogens with one attached hydrogen (secondary N) is 3. The average molecular weight is 433 g/mol. The number of hydrazine groups is 1. The summed E-state index contributed by atoms with van der Waals surface area (Å²) in [6.45, 7) is 9.00. The molecule has 0 aromatic carbocycles. The topological polar surface area (TPSA) is 88.9 Å². The number of aliphatic hydroxyl groups is 2. The molecule has 4 fully saturated rings. The third-order valence-electron chi connectivity index (χ3n) is 10.8. The second kappa shape index (κ2) is 7.88. The van der Waals surface area contributed by atoms with Crippen LogP contribution in [-0.2, 0) is 0 Å². The van der Waals surface area contributed by atoms with Crippen molar-refractivity contribution < 1.29 is 10.2 Å². The molecule has 1 aliphatic heterocycles. The summed E-state index contributed by atoms with van der Waals surface area (Å²) in [6.07, 6.45) is 10.7. The highest BCUT2D eigenvalue weighted by atomic mass is 16.3. The Balaban J connectivity index is 1.32. The van der Waals surface area contributed by atoms with E-state index in [2.05, 4.69) is 41.9 Å². The highest BCUT2D eigenvalue weighted by Gasteiger charge is 2.67. The van der Waals surface area contributed by atoms with Crippen LogP contribution in [0.1, 0.15) is 85.0 Å². The lowest BCUT2D eigenvalue weighted by Crippen LogP contribution is -2.63. The first-order valence-electron chi connectivity index (χ1n) is 13.0. The van der Waals surface area contributed by atoms with E-state index in [0.717, 1.165) is 70.4 Å². The standard InChI is InChI=1S/C25H44N4O2/c1-16(28-29-22-26-13-4-14-27-22)19-9-12-25(31)21-6-5-17-15-18(30)7-10-23(17,2)20(21)8-11-24(19,25)3/h16-21,28,30-31H,4-15H2,1-3H3,(H2,26,27,29)/t16?,17-,18+,19-,20+,21-,23+,24-,25+/m1/s1. The summed E-state index contributed by atoms with van der Waals surface area (Å²) in [5.41, 5.74) is 6.53. The lowest BCUT2D eigenvalue weighted by molar-refractivity contribution is -0.211. The molecule has 176 valence electrons. The Morgan fingerprint density at radius 3 is 2.68 bits per heavy atom. The zero-order valence-electron chi connectivity index (χ0n) is 19.8. The number of aliphatic hydroxyl groups excluding tert-OH is 1. The first-order valence-corrected chi connectivity index (χ1v) is 13.0. The van der Waals surface area contributed by atoms with E-state index in [9.17, 15) is 10.2 Å². The molecule has 6 heteroatoms. The van der Waals surface area contributed by atoms with Gasteiger partial charge in [0.1, 0.15) is 0 Å². The van der Waals surface area contributed by atoms with Crippen molar-refractivity contribution >= 4 is 5.96 Å². The minimum Gasteiger partial charge on any atom is -0.393 e. The van der Waals surface area contributed by atoms with Gasteiger partial charge in [0.2, 0.25) is 5.96 Å². The van der Waals surface area contributed by atoms with Crippen LogP contribution in [0.25, 0.3) is 0 Å². The third-order valence-corrected chi connectivity index (χ3v) is 10.8. The van der Waals surface area contributed by atoms with E-state index in [1.54, 1.807) is 0 Å². The van der Waals surface area contributed by atoms with Crippen molar-refractivity contribution in [3.8, 4) is 0 Å². The molecule has 5 rings (SSSR count). The molecule has 31 heavy (non-hydrogen) atoms. The molecule has 0 bridgehead atoms. The van der Waals surface area contributed by atoms with Crippen molar-refractivity contribution in [3.05, 3.63) is 0 Å². The van der Waals surface area contributed by atoms with Crippen LogP contribution in [0.2, 0.25) is 0 Å². The monoisotopic (exact) mass is 432 g/mol. The van der Waals surface area contributed by atoms with Gasteiger partial charge in [-0.15, -0.1) is 0 Å². The molecule has 5 N–H and O–H groups in total. The summed E-state index contributed by atoms with van der Waals surface area (Å²) >= 11 is 0. The average Bonchev–Trinajstić information content (AvgIpc) is 3.05. The van der Waals surface area contributed by atoms with Crippen LogP contribution in [0.3, 0.4) is 0 Å². The highest BCUT2D eigenvalue weighted by molar-refractivity contribution is 5.79. The van der Waals surface area contributed by atoms with Gasteiger partial charge in [-0.05, 0) is 100 Å². The van der Waals surface area contributed by atoms with E-state index in [4.69, 9.17) is 0 Å². The zero-order valence-corrected chi connectivity index (χ0v) is 19.8. The summed E-state index contributed by atoms with van der Waals surface area (Å²) in [7, 11) is 0. The van der Waals surface area contributed by atoms with Crippen LogP contribution in [-0.4, -0.2) is 47.0 Å². The van der Waals surface area contributed by atoms with Gasteiger partial charge in [-0.25, -0.2) is 5.43 Å². The van der Waals surface area contributed by atoms with Crippen LogP contribution >= 0.6 is 0 Å². The largest absolute Gasteiger partial charge is 0.393 e. The molecule has 9 atom stereocenters. The minimum absolute atomic E-state index is 0.0402. The molecule has 1 unspecified atom stereocenters. The first-order chi connectivity index (χ1) is 14.8. The molecule has 4 saturated carbocycles. The zero-order chi connectivity index (χ0) is 21.9. The fourth-order valence-electron chi connectivity index (χ4n) is 8.94. The molecule has 4 aliphatic carbocycles. The minimum atomic E-state index is -0.554. The number of hydrogen-bond acceptors (Lipinski definition) is 6. The fraction of sp³-hybridized carbons (Fsp3) is 0.960. The molecular weight excluding hydrogens is 388 g/mol. The van der Waals surface area contributed by atoms with E-state index in [0.29, 0.717) is 29.1 Å². The van der Waals surface area contributed by atoms with Gasteiger partial charge in [-0.3, -0.25) is 10.4 Å². The third kappa shape index (κ3) is 3.34. The number of fused-ring (bicyclic) bond motifs is 5. The maximum Gasteiger partial charge on any atom is 0.205 e. The predicted molar refractivity (Wildman–Crippen MR) is 123 cm³/mol. The Hall–Kier alpha value is -0.850. The summed E-state index contributed by atoms with van der Waals surface area (Å²) in [4.78, 5) is 4.51. The van der Waals surface area contributed by atoms with Gasteiger partial charge in [-0.1, -0.05) is 13.8 Å². The molecule has 0 saturated heterocycles. The number of rotatable bonds is 3. The summed E-state index contributed by atoms with van der Waals surface area (Å²) < 4.78 is 0. The van der Waals surface area contributed by atoms with E-state index >= 15 is 0 Å². The fourth-order valence-corrected chi connectivity index (χ4v) is 8.94.